The van der Waals surface area contributed by atoms with Gasteiger partial charge in [0.1, 0.15) is 0 Å². The summed E-state index contributed by atoms with van der Waals surface area (Å²) in [4.78, 5) is 27.4. The molecule has 1 aromatic carbocycles. The quantitative estimate of drug-likeness (QED) is 0.874. The first-order valence-corrected chi connectivity index (χ1v) is 8.54. The van der Waals surface area contributed by atoms with Crippen LogP contribution >= 0.6 is 11.8 Å². The molecule has 0 bridgehead atoms. The van der Waals surface area contributed by atoms with Crippen LogP contribution in [0, 0.1) is 0 Å². The summed E-state index contributed by atoms with van der Waals surface area (Å²) in [5.74, 6) is 0.0379. The average molecular weight is 319 g/mol. The van der Waals surface area contributed by atoms with E-state index in [-0.39, 0.29) is 17.1 Å². The van der Waals surface area contributed by atoms with E-state index >= 15 is 0 Å². The smallest absolute Gasteiger partial charge is 0.253 e. The Hall–Kier alpha value is -1.53. The van der Waals surface area contributed by atoms with Crippen molar-refractivity contribution < 1.29 is 9.59 Å². The molecule has 0 aliphatic carbocycles. The van der Waals surface area contributed by atoms with Crippen LogP contribution in [0.15, 0.2) is 23.1 Å². The molecule has 0 saturated carbocycles. The summed E-state index contributed by atoms with van der Waals surface area (Å²) in [6.07, 6.45) is 2.13. The van der Waals surface area contributed by atoms with Gasteiger partial charge in [-0.05, 0) is 45.0 Å². The van der Waals surface area contributed by atoms with E-state index in [2.05, 4.69) is 10.6 Å². The summed E-state index contributed by atoms with van der Waals surface area (Å²) in [5.41, 5.74) is 1.40. The third kappa shape index (κ3) is 2.98. The molecule has 2 amide bonds. The van der Waals surface area contributed by atoms with Crippen molar-refractivity contribution in [2.45, 2.75) is 36.0 Å². The second-order valence-corrected chi connectivity index (χ2v) is 7.22. The number of likely N-dealkylation sites (N-methyl/N-ethyl adjacent to an activating group) is 1. The van der Waals surface area contributed by atoms with Crippen molar-refractivity contribution in [1.82, 2.24) is 10.2 Å². The number of benzene rings is 1. The number of hydrogen-bond donors (Lipinski definition) is 2. The molecule has 1 saturated heterocycles. The molecule has 118 valence electrons. The number of nitrogens with one attached hydrogen (secondary N) is 2. The largest absolute Gasteiger partial charge is 0.337 e. The number of hydrogen-bond acceptors (Lipinski definition) is 4. The second-order valence-electron chi connectivity index (χ2n) is 5.84. The lowest BCUT2D eigenvalue weighted by atomic mass is 10.0. The molecule has 2 N–H and O–H groups in total. The summed E-state index contributed by atoms with van der Waals surface area (Å²) < 4.78 is 0. The first kappa shape index (κ1) is 15.4. The number of carbonyl (C=O) groups excluding carboxylic acids is 2. The van der Waals surface area contributed by atoms with Gasteiger partial charge in [0.15, 0.2) is 0 Å². The average Bonchev–Trinajstić information content (AvgIpc) is 2.55. The van der Waals surface area contributed by atoms with Crippen LogP contribution in [0.3, 0.4) is 0 Å². The van der Waals surface area contributed by atoms with Gasteiger partial charge in [0.05, 0.1) is 10.9 Å². The van der Waals surface area contributed by atoms with Gasteiger partial charge in [-0.3, -0.25) is 9.59 Å². The topological polar surface area (TPSA) is 61.4 Å². The fraction of sp³-hybridized carbons (Fsp3) is 0.500. The first-order valence-electron chi connectivity index (χ1n) is 7.66. The van der Waals surface area contributed by atoms with Crippen LogP contribution in [0.2, 0.25) is 0 Å². The Morgan fingerprint density at radius 1 is 1.45 bits per heavy atom. The Morgan fingerprint density at radius 3 is 3.05 bits per heavy atom. The van der Waals surface area contributed by atoms with Gasteiger partial charge < -0.3 is 15.5 Å². The van der Waals surface area contributed by atoms with Crippen LogP contribution in [-0.2, 0) is 4.79 Å². The van der Waals surface area contributed by atoms with Crippen molar-refractivity contribution in [3.63, 3.8) is 0 Å². The SMILES string of the molecule is CNC1CCCN(C(=O)c2ccc3c(c2)NC(=O)C(C)S3)C1. The summed E-state index contributed by atoms with van der Waals surface area (Å²) in [5, 5.41) is 6.04. The highest BCUT2D eigenvalue weighted by Gasteiger charge is 2.26. The van der Waals surface area contributed by atoms with E-state index in [1.54, 1.807) is 6.07 Å². The van der Waals surface area contributed by atoms with Crippen LogP contribution in [-0.4, -0.2) is 48.1 Å². The van der Waals surface area contributed by atoms with Crippen LogP contribution in [0.4, 0.5) is 5.69 Å². The number of fused-ring (bicyclic) bond motifs is 1. The lowest BCUT2D eigenvalue weighted by Crippen LogP contribution is -2.47. The molecule has 6 heteroatoms. The molecular weight excluding hydrogens is 298 g/mol. The van der Waals surface area contributed by atoms with Crippen LogP contribution in [0.5, 0.6) is 0 Å². The van der Waals surface area contributed by atoms with E-state index in [0.717, 1.165) is 36.5 Å². The number of likely N-dealkylation sites (tertiary alicyclic amines) is 1. The molecule has 2 aliphatic rings. The third-order valence-corrected chi connectivity index (χ3v) is 5.45. The summed E-state index contributed by atoms with van der Waals surface area (Å²) in [7, 11) is 1.94. The number of rotatable bonds is 2. The van der Waals surface area contributed by atoms with Gasteiger partial charge in [-0.1, -0.05) is 0 Å². The maximum Gasteiger partial charge on any atom is 0.253 e. The van der Waals surface area contributed by atoms with Crippen molar-refractivity contribution in [2.75, 3.05) is 25.5 Å². The zero-order valence-corrected chi connectivity index (χ0v) is 13.7. The molecule has 0 radical (unpaired) electrons. The molecule has 1 fully saturated rings. The Bertz CT molecular complexity index is 605. The maximum atomic E-state index is 12.7. The minimum absolute atomic E-state index is 0.00433. The lowest BCUT2D eigenvalue weighted by molar-refractivity contribution is -0.115. The number of nitrogens with zero attached hydrogens (tertiary/aromatic N) is 1. The Balaban J connectivity index is 1.79. The Kier molecular flexibility index (Phi) is 4.40. The van der Waals surface area contributed by atoms with Crippen LogP contribution in [0.1, 0.15) is 30.1 Å². The van der Waals surface area contributed by atoms with E-state index in [9.17, 15) is 9.59 Å². The molecule has 5 nitrogen and oxygen atoms in total. The summed E-state index contributed by atoms with van der Waals surface area (Å²) >= 11 is 1.53. The highest BCUT2D eigenvalue weighted by atomic mass is 32.2. The Labute approximate surface area is 134 Å². The van der Waals surface area contributed by atoms with Gasteiger partial charge in [-0.2, -0.15) is 0 Å². The molecule has 2 atom stereocenters. The molecule has 0 spiro atoms. The minimum atomic E-state index is -0.0902. The molecule has 0 aromatic heterocycles. The first-order chi connectivity index (χ1) is 10.6. The number of amides is 2. The molecule has 22 heavy (non-hydrogen) atoms. The van der Waals surface area contributed by atoms with Gasteiger partial charge in [0, 0.05) is 29.6 Å². The molecule has 2 aliphatic heterocycles. The molecule has 1 aromatic rings. The van der Waals surface area contributed by atoms with E-state index in [1.807, 2.05) is 31.0 Å². The van der Waals surface area contributed by atoms with Crippen LogP contribution < -0.4 is 10.6 Å². The monoisotopic (exact) mass is 319 g/mol. The summed E-state index contributed by atoms with van der Waals surface area (Å²) in [6.45, 7) is 3.42. The fourth-order valence-corrected chi connectivity index (χ4v) is 3.85. The number of carbonyl (C=O) groups is 2. The van der Waals surface area contributed by atoms with Crippen LogP contribution in [0.25, 0.3) is 0 Å². The zero-order valence-electron chi connectivity index (χ0n) is 12.9. The molecule has 2 heterocycles. The highest BCUT2D eigenvalue weighted by molar-refractivity contribution is 8.00. The second kappa shape index (κ2) is 6.30. The van der Waals surface area contributed by atoms with Gasteiger partial charge in [0.25, 0.3) is 5.91 Å². The normalized spacial score (nSPS) is 24.6. The van der Waals surface area contributed by atoms with Gasteiger partial charge >= 0.3 is 0 Å². The lowest BCUT2D eigenvalue weighted by Gasteiger charge is -2.33. The van der Waals surface area contributed by atoms with E-state index in [0.29, 0.717) is 11.6 Å². The van der Waals surface area contributed by atoms with E-state index in [1.165, 1.54) is 11.8 Å². The van der Waals surface area contributed by atoms with E-state index < -0.39 is 0 Å². The molecular formula is C16H21N3O2S. The van der Waals surface area contributed by atoms with E-state index in [4.69, 9.17) is 0 Å². The van der Waals surface area contributed by atoms with Crippen molar-refractivity contribution in [1.29, 1.82) is 0 Å². The summed E-state index contributed by atoms with van der Waals surface area (Å²) in [6, 6.07) is 5.97. The van der Waals surface area contributed by atoms with Gasteiger partial charge in [-0.15, -0.1) is 11.8 Å². The minimum Gasteiger partial charge on any atom is -0.337 e. The standard InChI is InChI=1S/C16H21N3O2S/c1-10-15(20)18-13-8-11(5-6-14(13)22-10)16(21)19-7-3-4-12(9-19)17-2/h5-6,8,10,12,17H,3-4,7,9H2,1-2H3,(H,18,20). The number of thioether (sulfide) groups is 1. The Morgan fingerprint density at radius 2 is 2.27 bits per heavy atom. The molecule has 2 unspecified atom stereocenters. The number of anilines is 1. The van der Waals surface area contributed by atoms with Crippen molar-refractivity contribution in [2.24, 2.45) is 0 Å². The fourth-order valence-electron chi connectivity index (χ4n) is 2.92. The van der Waals surface area contributed by atoms with Crippen molar-refractivity contribution in [3.05, 3.63) is 23.8 Å². The number of piperidine rings is 1. The molecule has 3 rings (SSSR count). The highest BCUT2D eigenvalue weighted by Crippen LogP contribution is 2.36. The predicted molar refractivity (Wildman–Crippen MR) is 88.4 cm³/mol. The predicted octanol–water partition coefficient (Wildman–Crippen LogP) is 1.94. The zero-order chi connectivity index (χ0) is 15.7. The van der Waals surface area contributed by atoms with Crippen molar-refractivity contribution >= 4 is 29.3 Å². The van der Waals surface area contributed by atoms with Gasteiger partial charge in [-0.25, -0.2) is 0 Å². The third-order valence-electron chi connectivity index (χ3n) is 4.27. The van der Waals surface area contributed by atoms with Crippen molar-refractivity contribution in [3.8, 4) is 0 Å². The maximum absolute atomic E-state index is 12.7. The van der Waals surface area contributed by atoms with Gasteiger partial charge in [0.2, 0.25) is 5.91 Å².